The molecule has 0 saturated carbocycles. The molecule has 21 heavy (non-hydrogen) atoms. The molecule has 0 spiro atoms. The lowest BCUT2D eigenvalue weighted by atomic mass is 10.1. The lowest BCUT2D eigenvalue weighted by molar-refractivity contribution is 0.619. The van der Waals surface area contributed by atoms with E-state index in [1.807, 2.05) is 26.0 Å². The van der Waals surface area contributed by atoms with Gasteiger partial charge in [-0.15, -0.1) is 0 Å². The molecule has 0 amide bonds. The predicted octanol–water partition coefficient (Wildman–Crippen LogP) is 4.06. The highest BCUT2D eigenvalue weighted by molar-refractivity contribution is 7.80. The molecule has 3 nitrogen and oxygen atoms in total. The van der Waals surface area contributed by atoms with Crippen molar-refractivity contribution in [3.8, 4) is 0 Å². The van der Waals surface area contributed by atoms with Gasteiger partial charge < -0.3 is 5.32 Å². The molecule has 3 N–H and O–H groups in total. The smallest absolute Gasteiger partial charge is 0.189 e. The van der Waals surface area contributed by atoms with Crippen LogP contribution in [0.4, 0.5) is 15.8 Å². The Bertz CT molecular complexity index is 650. The molecule has 0 unspecified atom stereocenters. The first-order valence-corrected chi connectivity index (χ1v) is 7.02. The van der Waals surface area contributed by atoms with Gasteiger partial charge in [0, 0.05) is 5.69 Å². The van der Waals surface area contributed by atoms with Crippen molar-refractivity contribution in [1.29, 1.82) is 0 Å². The number of halogens is 1. The molecule has 0 aliphatic rings. The molecular formula is C16H18FN3S. The number of hydrogen-bond acceptors (Lipinski definition) is 2. The molecule has 0 aliphatic heterocycles. The summed E-state index contributed by atoms with van der Waals surface area (Å²) in [7, 11) is 0. The lowest BCUT2D eigenvalue weighted by Gasteiger charge is -2.14. The molecule has 0 atom stereocenters. The van der Waals surface area contributed by atoms with Gasteiger partial charge in [0.05, 0.1) is 5.69 Å². The Morgan fingerprint density at radius 1 is 0.952 bits per heavy atom. The summed E-state index contributed by atoms with van der Waals surface area (Å²) in [4.78, 5) is 0. The number of hydrogen-bond donors (Lipinski definition) is 3. The van der Waals surface area contributed by atoms with E-state index < -0.39 is 0 Å². The summed E-state index contributed by atoms with van der Waals surface area (Å²) in [5, 5.41) is 3.30. The van der Waals surface area contributed by atoms with Crippen molar-refractivity contribution in [3.05, 3.63) is 58.9 Å². The fourth-order valence-electron chi connectivity index (χ4n) is 2.01. The minimum Gasteiger partial charge on any atom is -0.331 e. The fourth-order valence-corrected chi connectivity index (χ4v) is 2.18. The Hall–Kier alpha value is -2.14. The summed E-state index contributed by atoms with van der Waals surface area (Å²) in [6, 6.07) is 11.0. The summed E-state index contributed by atoms with van der Waals surface area (Å²) in [6.45, 7) is 5.78. The van der Waals surface area contributed by atoms with Crippen molar-refractivity contribution in [2.24, 2.45) is 0 Å². The molecule has 0 heterocycles. The molecule has 2 aromatic rings. The second-order valence-corrected chi connectivity index (χ2v) is 5.45. The van der Waals surface area contributed by atoms with Crippen LogP contribution in [-0.4, -0.2) is 5.11 Å². The monoisotopic (exact) mass is 303 g/mol. The molecular weight excluding hydrogens is 285 g/mol. The first-order valence-electron chi connectivity index (χ1n) is 6.61. The van der Waals surface area contributed by atoms with E-state index in [9.17, 15) is 4.39 Å². The number of thiocarbonyl (C=S) groups is 1. The van der Waals surface area contributed by atoms with Crippen molar-refractivity contribution in [1.82, 2.24) is 5.43 Å². The maximum absolute atomic E-state index is 13.4. The van der Waals surface area contributed by atoms with Gasteiger partial charge in [-0.05, 0) is 73.9 Å². The van der Waals surface area contributed by atoms with Gasteiger partial charge in [-0.3, -0.25) is 10.9 Å². The lowest BCUT2D eigenvalue weighted by Crippen LogP contribution is -2.33. The standard InChI is InChI=1S/C16H18FN3S/c1-10-6-11(2)8-14(7-10)19-20-16(21)18-13-5-4-12(3)15(17)9-13/h4-9,19H,1-3H3,(H2,18,20,21). The quantitative estimate of drug-likeness (QED) is 0.590. The zero-order valence-electron chi connectivity index (χ0n) is 12.3. The average molecular weight is 303 g/mol. The van der Waals surface area contributed by atoms with Crippen molar-refractivity contribution in [2.45, 2.75) is 20.8 Å². The highest BCUT2D eigenvalue weighted by Crippen LogP contribution is 2.14. The van der Waals surface area contributed by atoms with Gasteiger partial charge in [0.2, 0.25) is 0 Å². The zero-order chi connectivity index (χ0) is 15.4. The molecule has 0 bridgehead atoms. The maximum atomic E-state index is 13.4. The topological polar surface area (TPSA) is 36.1 Å². The Labute approximate surface area is 129 Å². The normalized spacial score (nSPS) is 10.1. The van der Waals surface area contributed by atoms with E-state index in [0.29, 0.717) is 16.4 Å². The van der Waals surface area contributed by atoms with Gasteiger partial charge in [0.1, 0.15) is 5.82 Å². The second-order valence-electron chi connectivity index (χ2n) is 5.04. The van der Waals surface area contributed by atoms with E-state index in [4.69, 9.17) is 12.2 Å². The minimum absolute atomic E-state index is 0.259. The van der Waals surface area contributed by atoms with Crippen LogP contribution < -0.4 is 16.2 Å². The SMILES string of the molecule is Cc1cc(C)cc(NNC(=S)Nc2ccc(C)c(F)c2)c1. The van der Waals surface area contributed by atoms with Crippen LogP contribution in [-0.2, 0) is 0 Å². The number of benzene rings is 2. The Morgan fingerprint density at radius 3 is 2.24 bits per heavy atom. The van der Waals surface area contributed by atoms with Crippen molar-refractivity contribution >= 4 is 28.7 Å². The third-order valence-electron chi connectivity index (χ3n) is 2.97. The maximum Gasteiger partial charge on any atom is 0.189 e. The number of rotatable bonds is 3. The highest BCUT2D eigenvalue weighted by Gasteiger charge is 2.02. The summed E-state index contributed by atoms with van der Waals surface area (Å²) in [5.74, 6) is -0.259. The molecule has 0 saturated heterocycles. The molecule has 5 heteroatoms. The van der Waals surface area contributed by atoms with Crippen LogP contribution >= 0.6 is 12.2 Å². The van der Waals surface area contributed by atoms with Crippen LogP contribution in [0.15, 0.2) is 36.4 Å². The van der Waals surface area contributed by atoms with Crippen LogP contribution in [0, 0.1) is 26.6 Å². The number of aryl methyl sites for hydroxylation is 3. The Balaban J connectivity index is 1.94. The van der Waals surface area contributed by atoms with Gasteiger partial charge in [0.15, 0.2) is 5.11 Å². The van der Waals surface area contributed by atoms with Crippen LogP contribution in [0.5, 0.6) is 0 Å². The summed E-state index contributed by atoms with van der Waals surface area (Å²) >= 11 is 5.17. The average Bonchev–Trinajstić information content (AvgIpc) is 2.40. The van der Waals surface area contributed by atoms with E-state index in [0.717, 1.165) is 5.69 Å². The first-order chi connectivity index (χ1) is 9.94. The molecule has 0 fully saturated rings. The summed E-state index contributed by atoms with van der Waals surface area (Å²) < 4.78 is 13.4. The zero-order valence-corrected chi connectivity index (χ0v) is 13.1. The van der Waals surface area contributed by atoms with E-state index in [1.54, 1.807) is 19.1 Å². The molecule has 110 valence electrons. The Kier molecular flexibility index (Phi) is 4.75. The van der Waals surface area contributed by atoms with Crippen LogP contribution in [0.1, 0.15) is 16.7 Å². The van der Waals surface area contributed by atoms with Gasteiger partial charge in [0.25, 0.3) is 0 Å². The minimum atomic E-state index is -0.259. The number of hydrazine groups is 1. The third kappa shape index (κ3) is 4.43. The summed E-state index contributed by atoms with van der Waals surface area (Å²) in [5.41, 5.74) is 10.4. The number of nitrogens with one attached hydrogen (secondary N) is 3. The van der Waals surface area contributed by atoms with Crippen molar-refractivity contribution in [3.63, 3.8) is 0 Å². The van der Waals surface area contributed by atoms with E-state index in [2.05, 4.69) is 22.2 Å². The molecule has 0 radical (unpaired) electrons. The Morgan fingerprint density at radius 2 is 1.62 bits per heavy atom. The van der Waals surface area contributed by atoms with Crippen LogP contribution in [0.2, 0.25) is 0 Å². The van der Waals surface area contributed by atoms with Gasteiger partial charge in [-0.1, -0.05) is 12.1 Å². The largest absolute Gasteiger partial charge is 0.331 e. The summed E-state index contributed by atoms with van der Waals surface area (Å²) in [6.07, 6.45) is 0. The predicted molar refractivity (Wildman–Crippen MR) is 90.0 cm³/mol. The van der Waals surface area contributed by atoms with Gasteiger partial charge >= 0.3 is 0 Å². The van der Waals surface area contributed by atoms with E-state index >= 15 is 0 Å². The molecule has 0 aliphatic carbocycles. The van der Waals surface area contributed by atoms with Gasteiger partial charge in [-0.25, -0.2) is 4.39 Å². The second kappa shape index (κ2) is 6.54. The number of anilines is 2. The fraction of sp³-hybridized carbons (Fsp3) is 0.188. The van der Waals surface area contributed by atoms with Crippen LogP contribution in [0.25, 0.3) is 0 Å². The highest BCUT2D eigenvalue weighted by atomic mass is 32.1. The molecule has 0 aromatic heterocycles. The van der Waals surface area contributed by atoms with Crippen molar-refractivity contribution < 1.29 is 4.39 Å². The molecule has 2 rings (SSSR count). The van der Waals surface area contributed by atoms with E-state index in [1.165, 1.54) is 17.2 Å². The first kappa shape index (κ1) is 15.3. The third-order valence-corrected chi connectivity index (χ3v) is 3.18. The van der Waals surface area contributed by atoms with Gasteiger partial charge in [-0.2, -0.15) is 0 Å². The molecule has 2 aromatic carbocycles. The van der Waals surface area contributed by atoms with Crippen molar-refractivity contribution in [2.75, 3.05) is 10.7 Å². The van der Waals surface area contributed by atoms with E-state index in [-0.39, 0.29) is 5.82 Å². The van der Waals surface area contributed by atoms with Crippen LogP contribution in [0.3, 0.4) is 0 Å².